The lowest BCUT2D eigenvalue weighted by Gasteiger charge is -2.25. The normalized spacial score (nSPS) is 14.4. The summed E-state index contributed by atoms with van der Waals surface area (Å²) in [5.74, 6) is 1.06. The van der Waals surface area contributed by atoms with Crippen LogP contribution in [0.2, 0.25) is 0 Å². The molecule has 0 aliphatic carbocycles. The number of carbonyl (C=O) groups is 1. The first kappa shape index (κ1) is 19.8. The van der Waals surface area contributed by atoms with Crippen molar-refractivity contribution in [3.05, 3.63) is 53.6 Å². The number of rotatable bonds is 7. The van der Waals surface area contributed by atoms with Crippen molar-refractivity contribution in [2.45, 2.75) is 25.5 Å². The van der Waals surface area contributed by atoms with E-state index in [9.17, 15) is 4.79 Å². The number of anilines is 1. The fourth-order valence-electron chi connectivity index (χ4n) is 3.04. The van der Waals surface area contributed by atoms with Gasteiger partial charge in [-0.25, -0.2) is 0 Å². The molecule has 0 saturated carbocycles. The molecular weight excluding hydrogens is 457 g/mol. The molecule has 1 aliphatic heterocycles. The predicted octanol–water partition coefficient (Wildman–Crippen LogP) is 3.52. The Balaban J connectivity index is 1.79. The number of piperidine rings is 1. The Morgan fingerprint density at radius 3 is 2.59 bits per heavy atom. The predicted molar refractivity (Wildman–Crippen MR) is 115 cm³/mol. The molecular formula is C20H24IN3O3. The van der Waals surface area contributed by atoms with Crippen LogP contribution in [-0.2, 0) is 6.54 Å². The highest BCUT2D eigenvalue weighted by atomic mass is 127. The van der Waals surface area contributed by atoms with Crippen molar-refractivity contribution in [2.24, 2.45) is 0 Å². The van der Waals surface area contributed by atoms with Crippen molar-refractivity contribution in [2.75, 3.05) is 23.7 Å². The van der Waals surface area contributed by atoms with Gasteiger partial charge in [-0.1, -0.05) is 30.3 Å². The van der Waals surface area contributed by atoms with Crippen molar-refractivity contribution in [1.29, 1.82) is 0 Å². The summed E-state index contributed by atoms with van der Waals surface area (Å²) in [5, 5.41) is 6.29. The highest BCUT2D eigenvalue weighted by molar-refractivity contribution is 14.1. The maximum Gasteiger partial charge on any atom is 0.253 e. The van der Waals surface area contributed by atoms with Gasteiger partial charge in [-0.3, -0.25) is 4.79 Å². The first-order chi connectivity index (χ1) is 13.2. The van der Waals surface area contributed by atoms with Crippen LogP contribution in [0.25, 0.3) is 0 Å². The maximum atomic E-state index is 12.8. The summed E-state index contributed by atoms with van der Waals surface area (Å²) < 4.78 is 14.7. The van der Waals surface area contributed by atoms with Gasteiger partial charge in [0.2, 0.25) is 0 Å². The van der Waals surface area contributed by atoms with Gasteiger partial charge in [-0.15, -0.1) is 0 Å². The highest BCUT2D eigenvalue weighted by Crippen LogP contribution is 2.35. The molecule has 1 heterocycles. The van der Waals surface area contributed by atoms with Crippen LogP contribution >= 0.6 is 22.9 Å². The average Bonchev–Trinajstić information content (AvgIpc) is 2.73. The Morgan fingerprint density at radius 2 is 1.93 bits per heavy atom. The maximum absolute atomic E-state index is 12.8. The lowest BCUT2D eigenvalue weighted by Crippen LogP contribution is -2.34. The lowest BCUT2D eigenvalue weighted by atomic mass is 10.1. The van der Waals surface area contributed by atoms with Crippen molar-refractivity contribution in [3.8, 4) is 11.5 Å². The van der Waals surface area contributed by atoms with E-state index in [4.69, 9.17) is 9.47 Å². The van der Waals surface area contributed by atoms with E-state index in [1.54, 1.807) is 19.2 Å². The Labute approximate surface area is 173 Å². The second kappa shape index (κ2) is 9.80. The molecule has 7 heteroatoms. The van der Waals surface area contributed by atoms with Gasteiger partial charge in [0, 0.05) is 12.6 Å². The van der Waals surface area contributed by atoms with Crippen LogP contribution in [0.1, 0.15) is 28.8 Å². The molecule has 6 nitrogen and oxygen atoms in total. The quantitative estimate of drug-likeness (QED) is 0.417. The number of amides is 1. The van der Waals surface area contributed by atoms with Crippen LogP contribution in [0.4, 0.5) is 5.69 Å². The molecule has 144 valence electrons. The SMILES string of the molecule is COc1cc(NI)c(C(=O)NCc2ccccc2)cc1OC1CCNCC1. The monoisotopic (exact) mass is 481 g/mol. The van der Waals surface area contributed by atoms with Crippen molar-refractivity contribution in [3.63, 3.8) is 0 Å². The van der Waals surface area contributed by atoms with Crippen LogP contribution in [0, 0.1) is 0 Å². The van der Waals surface area contributed by atoms with Gasteiger partial charge in [-0.05, 0) is 37.6 Å². The molecule has 27 heavy (non-hydrogen) atoms. The van der Waals surface area contributed by atoms with Gasteiger partial charge in [0.25, 0.3) is 5.91 Å². The standard InChI is InChI=1S/C20H24IN3O3/c1-26-18-12-17(24-21)16(11-19(18)27-15-7-9-22-10-8-15)20(25)23-13-14-5-3-2-4-6-14/h2-6,11-12,15,22,24H,7-10,13H2,1H3,(H,23,25). The third-order valence-electron chi connectivity index (χ3n) is 4.53. The molecule has 1 fully saturated rings. The van der Waals surface area contributed by atoms with Crippen LogP contribution < -0.4 is 23.6 Å². The molecule has 0 atom stereocenters. The second-order valence-corrected chi connectivity index (χ2v) is 6.92. The van der Waals surface area contributed by atoms with E-state index >= 15 is 0 Å². The third kappa shape index (κ3) is 5.26. The molecule has 1 aliphatic rings. The summed E-state index contributed by atoms with van der Waals surface area (Å²) in [5.41, 5.74) is 2.27. The number of methoxy groups -OCH3 is 1. The molecule has 2 aromatic rings. The Hall–Kier alpha value is -2.00. The fraction of sp³-hybridized carbons (Fsp3) is 0.350. The van der Waals surface area contributed by atoms with Crippen molar-refractivity contribution >= 4 is 34.5 Å². The number of hydrogen-bond acceptors (Lipinski definition) is 5. The number of hydrogen-bond donors (Lipinski definition) is 3. The largest absolute Gasteiger partial charge is 0.493 e. The van der Waals surface area contributed by atoms with Gasteiger partial charge in [0.1, 0.15) is 6.10 Å². The zero-order valence-corrected chi connectivity index (χ0v) is 17.4. The van der Waals surface area contributed by atoms with Crippen LogP contribution in [-0.4, -0.2) is 32.2 Å². The number of benzene rings is 2. The summed E-state index contributed by atoms with van der Waals surface area (Å²) in [4.78, 5) is 12.8. The number of nitrogens with one attached hydrogen (secondary N) is 3. The summed E-state index contributed by atoms with van der Waals surface area (Å²) >= 11 is 2.02. The summed E-state index contributed by atoms with van der Waals surface area (Å²) in [6, 6.07) is 13.4. The Kier molecular flexibility index (Phi) is 7.17. The fourth-order valence-corrected chi connectivity index (χ4v) is 3.49. The van der Waals surface area contributed by atoms with Crippen molar-refractivity contribution in [1.82, 2.24) is 10.6 Å². The molecule has 2 aromatic carbocycles. The number of carbonyl (C=O) groups excluding carboxylic acids is 1. The third-order valence-corrected chi connectivity index (χ3v) is 5.11. The first-order valence-electron chi connectivity index (χ1n) is 8.99. The van der Waals surface area contributed by atoms with Gasteiger partial charge in [-0.2, -0.15) is 0 Å². The zero-order chi connectivity index (χ0) is 19.1. The minimum absolute atomic E-state index is 0.124. The molecule has 3 rings (SSSR count). The Morgan fingerprint density at radius 1 is 1.19 bits per heavy atom. The Bertz CT molecular complexity index is 765. The van der Waals surface area contributed by atoms with E-state index < -0.39 is 0 Å². The molecule has 0 radical (unpaired) electrons. The van der Waals surface area contributed by atoms with Crippen molar-refractivity contribution < 1.29 is 14.3 Å². The van der Waals surface area contributed by atoms with Gasteiger partial charge >= 0.3 is 0 Å². The average molecular weight is 481 g/mol. The summed E-state index contributed by atoms with van der Waals surface area (Å²) in [7, 11) is 1.61. The number of ether oxygens (including phenoxy) is 2. The first-order valence-corrected chi connectivity index (χ1v) is 10.1. The second-order valence-electron chi connectivity index (χ2n) is 6.38. The van der Waals surface area contributed by atoms with E-state index in [-0.39, 0.29) is 12.0 Å². The topological polar surface area (TPSA) is 71.6 Å². The lowest BCUT2D eigenvalue weighted by molar-refractivity contribution is 0.0950. The molecule has 0 spiro atoms. The summed E-state index contributed by atoms with van der Waals surface area (Å²) in [6.45, 7) is 2.34. The van der Waals surface area contributed by atoms with Gasteiger partial charge in [0.05, 0.1) is 41.2 Å². The van der Waals surface area contributed by atoms with E-state index in [1.165, 1.54) is 0 Å². The zero-order valence-electron chi connectivity index (χ0n) is 15.3. The van der Waals surface area contributed by atoms with Crippen LogP contribution in [0.3, 0.4) is 0 Å². The van der Waals surface area contributed by atoms with Gasteiger partial charge in [0.15, 0.2) is 11.5 Å². The minimum Gasteiger partial charge on any atom is -0.493 e. The highest BCUT2D eigenvalue weighted by Gasteiger charge is 2.21. The summed E-state index contributed by atoms with van der Waals surface area (Å²) in [6.07, 6.45) is 1.99. The van der Waals surface area contributed by atoms with E-state index in [2.05, 4.69) is 14.2 Å². The molecule has 0 aromatic heterocycles. The molecule has 0 bridgehead atoms. The van der Waals surface area contributed by atoms with E-state index in [1.807, 2.05) is 53.2 Å². The van der Waals surface area contributed by atoms with Crippen LogP contribution in [0.15, 0.2) is 42.5 Å². The number of halogens is 1. The van der Waals surface area contributed by atoms with Crippen LogP contribution in [0.5, 0.6) is 11.5 Å². The molecule has 1 amide bonds. The smallest absolute Gasteiger partial charge is 0.253 e. The van der Waals surface area contributed by atoms with E-state index in [0.29, 0.717) is 29.3 Å². The minimum atomic E-state index is -0.157. The van der Waals surface area contributed by atoms with E-state index in [0.717, 1.165) is 31.5 Å². The molecule has 0 unspecified atom stereocenters. The van der Waals surface area contributed by atoms with Gasteiger partial charge < -0.3 is 23.6 Å². The molecule has 3 N–H and O–H groups in total. The molecule has 1 saturated heterocycles.